The summed E-state index contributed by atoms with van der Waals surface area (Å²) in [5.74, 6) is -0.811. The van der Waals surface area contributed by atoms with Crippen molar-refractivity contribution in [3.8, 4) is 11.5 Å². The summed E-state index contributed by atoms with van der Waals surface area (Å²) in [4.78, 5) is 22.7. The molecule has 0 radical (unpaired) electrons. The summed E-state index contributed by atoms with van der Waals surface area (Å²) in [6, 6.07) is 9.12. The number of hydrogen-bond donors (Lipinski definition) is 1. The summed E-state index contributed by atoms with van der Waals surface area (Å²) >= 11 is 6.01. The van der Waals surface area contributed by atoms with Crippen LogP contribution in [-0.4, -0.2) is 25.3 Å². The Morgan fingerprint density at radius 1 is 1.22 bits per heavy atom. The van der Waals surface area contributed by atoms with Crippen molar-refractivity contribution in [3.63, 3.8) is 0 Å². The van der Waals surface area contributed by atoms with Crippen LogP contribution in [0.4, 0.5) is 5.69 Å². The number of aromatic carboxylic acids is 1. The zero-order chi connectivity index (χ0) is 19.4. The summed E-state index contributed by atoms with van der Waals surface area (Å²) in [7, 11) is 1.48. The first-order chi connectivity index (χ1) is 13.0. The van der Waals surface area contributed by atoms with Crippen LogP contribution in [0.3, 0.4) is 0 Å². The molecule has 1 aliphatic carbocycles. The average molecular weight is 388 g/mol. The zero-order valence-electron chi connectivity index (χ0n) is 14.4. The number of halogens is 1. The fraction of sp³-hybridized carbons (Fsp3) is 0.211. The van der Waals surface area contributed by atoms with E-state index in [1.165, 1.54) is 31.5 Å². The van der Waals surface area contributed by atoms with E-state index in [2.05, 4.69) is 10.5 Å². The minimum Gasteiger partial charge on any atom is -0.545 e. The predicted molar refractivity (Wildman–Crippen MR) is 98.4 cm³/mol. The van der Waals surface area contributed by atoms with Gasteiger partial charge in [0, 0.05) is 0 Å². The largest absolute Gasteiger partial charge is 0.545 e. The van der Waals surface area contributed by atoms with Crippen LogP contribution in [0.5, 0.6) is 11.5 Å². The van der Waals surface area contributed by atoms with Gasteiger partial charge in [0.15, 0.2) is 11.5 Å². The molecule has 7 nitrogen and oxygen atoms in total. The second-order valence-corrected chi connectivity index (χ2v) is 6.36. The number of anilines is 1. The Balaban J connectivity index is 1.70. The summed E-state index contributed by atoms with van der Waals surface area (Å²) in [5.41, 5.74) is 3.68. The van der Waals surface area contributed by atoms with Crippen LogP contribution < -0.4 is 20.0 Å². The number of carbonyl (C=O) groups is 2. The monoisotopic (exact) mass is 387 g/mol. The zero-order valence-corrected chi connectivity index (χ0v) is 15.2. The number of nitrogens with one attached hydrogen (secondary N) is 1. The third-order valence-corrected chi connectivity index (χ3v) is 4.24. The van der Waals surface area contributed by atoms with Crippen molar-refractivity contribution in [2.24, 2.45) is 11.0 Å². The molecule has 0 aliphatic heterocycles. The summed E-state index contributed by atoms with van der Waals surface area (Å²) in [6.45, 7) is 0. The van der Waals surface area contributed by atoms with Crippen LogP contribution in [0.25, 0.3) is 0 Å². The Bertz CT molecular complexity index is 909. The van der Waals surface area contributed by atoms with Gasteiger partial charge in [-0.1, -0.05) is 17.7 Å². The maximum Gasteiger partial charge on any atom is 0.314 e. The molecule has 0 spiro atoms. The third kappa shape index (κ3) is 4.77. The van der Waals surface area contributed by atoms with Crippen molar-refractivity contribution in [3.05, 3.63) is 52.5 Å². The van der Waals surface area contributed by atoms with Gasteiger partial charge in [0.25, 0.3) is 0 Å². The van der Waals surface area contributed by atoms with Gasteiger partial charge in [-0.25, -0.2) is 0 Å². The molecule has 1 saturated carbocycles. The summed E-state index contributed by atoms with van der Waals surface area (Å²) in [6.07, 6.45) is 3.22. The molecule has 1 N–H and O–H groups in total. The number of hydrogen-bond acceptors (Lipinski definition) is 7. The molecule has 0 atom stereocenters. The highest BCUT2D eigenvalue weighted by Gasteiger charge is 2.32. The van der Waals surface area contributed by atoms with E-state index in [9.17, 15) is 14.7 Å². The minimum absolute atomic E-state index is 0.0124. The smallest absolute Gasteiger partial charge is 0.314 e. The van der Waals surface area contributed by atoms with Crippen LogP contribution in [0.2, 0.25) is 5.02 Å². The highest BCUT2D eigenvalue weighted by atomic mass is 35.5. The van der Waals surface area contributed by atoms with Gasteiger partial charge in [0.05, 0.1) is 35.9 Å². The van der Waals surface area contributed by atoms with E-state index in [0.29, 0.717) is 27.8 Å². The Hall–Kier alpha value is -3.06. The maximum atomic E-state index is 11.8. The SMILES string of the molecule is COc1cc(/C=N\Nc2cc(C(=O)[O-])ccc2Cl)ccc1OC(=O)C1CC1. The number of benzene rings is 2. The number of rotatable bonds is 7. The number of nitrogens with zero attached hydrogens (tertiary/aromatic N) is 1. The van der Waals surface area contributed by atoms with E-state index in [1.54, 1.807) is 18.2 Å². The number of ether oxygens (including phenoxy) is 2. The second-order valence-electron chi connectivity index (χ2n) is 5.96. The Morgan fingerprint density at radius 2 is 2.00 bits per heavy atom. The van der Waals surface area contributed by atoms with Gasteiger partial charge >= 0.3 is 5.97 Å². The van der Waals surface area contributed by atoms with Gasteiger partial charge in [-0.3, -0.25) is 10.2 Å². The first-order valence-corrected chi connectivity index (χ1v) is 8.55. The van der Waals surface area contributed by atoms with E-state index >= 15 is 0 Å². The molecule has 0 unspecified atom stereocenters. The molecule has 1 fully saturated rings. The Morgan fingerprint density at radius 3 is 2.67 bits per heavy atom. The van der Waals surface area contributed by atoms with E-state index in [4.69, 9.17) is 21.1 Å². The summed E-state index contributed by atoms with van der Waals surface area (Å²) in [5, 5.41) is 15.3. The molecule has 0 aromatic heterocycles. The predicted octanol–water partition coefficient (Wildman–Crippen LogP) is 2.47. The van der Waals surface area contributed by atoms with Crippen molar-refractivity contribution in [1.29, 1.82) is 0 Å². The fourth-order valence-corrected chi connectivity index (χ4v) is 2.43. The first-order valence-electron chi connectivity index (χ1n) is 8.17. The van der Waals surface area contributed by atoms with Gasteiger partial charge in [-0.05, 0) is 54.3 Å². The molecule has 27 heavy (non-hydrogen) atoms. The van der Waals surface area contributed by atoms with Crippen LogP contribution in [0.1, 0.15) is 28.8 Å². The molecule has 0 amide bonds. The molecule has 0 bridgehead atoms. The van der Waals surface area contributed by atoms with Gasteiger partial charge in [0.1, 0.15) is 0 Å². The molecular weight excluding hydrogens is 372 g/mol. The van der Waals surface area contributed by atoms with Gasteiger partial charge < -0.3 is 19.4 Å². The van der Waals surface area contributed by atoms with E-state index in [0.717, 1.165) is 12.8 Å². The van der Waals surface area contributed by atoms with Crippen molar-refractivity contribution in [2.45, 2.75) is 12.8 Å². The normalized spacial score (nSPS) is 13.4. The molecule has 0 saturated heterocycles. The van der Waals surface area contributed by atoms with Crippen LogP contribution in [-0.2, 0) is 4.79 Å². The van der Waals surface area contributed by atoms with Gasteiger partial charge in [-0.15, -0.1) is 0 Å². The molecule has 8 heteroatoms. The number of esters is 1. The molecule has 2 aromatic carbocycles. The number of methoxy groups -OCH3 is 1. The highest BCUT2D eigenvalue weighted by molar-refractivity contribution is 6.33. The molecular formula is C19H16ClN2O5-. The van der Waals surface area contributed by atoms with Crippen LogP contribution in [0.15, 0.2) is 41.5 Å². The molecule has 1 aliphatic rings. The van der Waals surface area contributed by atoms with Crippen molar-refractivity contribution >= 4 is 35.4 Å². The Kier molecular flexibility index (Phi) is 5.61. The molecule has 0 heterocycles. The minimum atomic E-state index is -1.31. The van der Waals surface area contributed by atoms with E-state index in [1.807, 2.05) is 0 Å². The first kappa shape index (κ1) is 18.7. The lowest BCUT2D eigenvalue weighted by atomic mass is 10.2. The van der Waals surface area contributed by atoms with Gasteiger partial charge in [0.2, 0.25) is 0 Å². The quantitative estimate of drug-likeness (QED) is 0.339. The maximum absolute atomic E-state index is 11.8. The van der Waals surface area contributed by atoms with Crippen molar-refractivity contribution < 1.29 is 24.2 Å². The Labute approximate surface area is 160 Å². The molecule has 3 rings (SSSR count). The average Bonchev–Trinajstić information content (AvgIpc) is 3.49. The lowest BCUT2D eigenvalue weighted by molar-refractivity contribution is -0.255. The van der Waals surface area contributed by atoms with Crippen LogP contribution >= 0.6 is 11.6 Å². The number of hydrazone groups is 1. The standard InChI is InChI=1S/C19H17ClN2O5/c1-26-17-8-11(2-7-16(17)27-19(25)12-3-4-12)10-21-22-15-9-13(18(23)24)5-6-14(15)20/h2,5-10,12,22H,3-4H2,1H3,(H,23,24)/p-1/b21-10-. The van der Waals surface area contributed by atoms with Crippen molar-refractivity contribution in [1.82, 2.24) is 0 Å². The summed E-state index contributed by atoms with van der Waals surface area (Å²) < 4.78 is 10.6. The highest BCUT2D eigenvalue weighted by Crippen LogP contribution is 2.34. The fourth-order valence-electron chi connectivity index (χ4n) is 2.27. The van der Waals surface area contributed by atoms with E-state index in [-0.39, 0.29) is 17.5 Å². The van der Waals surface area contributed by atoms with Crippen LogP contribution in [0, 0.1) is 5.92 Å². The second kappa shape index (κ2) is 8.09. The number of carboxylic acid groups (broad SMARTS) is 1. The topological polar surface area (TPSA) is 100 Å². The molecule has 2 aromatic rings. The van der Waals surface area contributed by atoms with Gasteiger partial charge in [-0.2, -0.15) is 5.10 Å². The lowest BCUT2D eigenvalue weighted by Gasteiger charge is -2.10. The third-order valence-electron chi connectivity index (χ3n) is 3.91. The van der Waals surface area contributed by atoms with Crippen molar-refractivity contribution in [2.75, 3.05) is 12.5 Å². The lowest BCUT2D eigenvalue weighted by Crippen LogP contribution is -2.22. The van der Waals surface area contributed by atoms with E-state index < -0.39 is 5.97 Å². The number of carbonyl (C=O) groups excluding carboxylic acids is 2. The number of carboxylic acids is 1. The molecule has 140 valence electrons.